The van der Waals surface area contributed by atoms with Crippen LogP contribution in [0.4, 0.5) is 0 Å². The Morgan fingerprint density at radius 1 is 1.13 bits per heavy atom. The van der Waals surface area contributed by atoms with Gasteiger partial charge in [0.25, 0.3) is 0 Å². The number of hydrogen-bond donors (Lipinski definition) is 0. The molecule has 2 rings (SSSR count). The minimum absolute atomic E-state index is 0.0167. The van der Waals surface area contributed by atoms with Gasteiger partial charge in [-0.1, -0.05) is 57.2 Å². The van der Waals surface area contributed by atoms with Crippen molar-refractivity contribution >= 4 is 5.78 Å². The van der Waals surface area contributed by atoms with Crippen LogP contribution in [0.1, 0.15) is 20.8 Å². The largest absolute Gasteiger partial charge is 0.294 e. The molecule has 0 aromatic carbocycles. The van der Waals surface area contributed by atoms with Crippen LogP contribution in [0.5, 0.6) is 0 Å². The lowest BCUT2D eigenvalue weighted by Gasteiger charge is -2.13. The van der Waals surface area contributed by atoms with Gasteiger partial charge in [0.05, 0.1) is 0 Å². The second-order valence-electron chi connectivity index (χ2n) is 4.87. The van der Waals surface area contributed by atoms with Gasteiger partial charge in [-0.2, -0.15) is 0 Å². The zero-order valence-electron chi connectivity index (χ0n) is 9.45. The summed E-state index contributed by atoms with van der Waals surface area (Å²) in [4.78, 5) is 11.9. The summed E-state index contributed by atoms with van der Waals surface area (Å²) in [6, 6.07) is 0. The van der Waals surface area contributed by atoms with E-state index in [9.17, 15) is 4.79 Å². The van der Waals surface area contributed by atoms with Crippen LogP contribution in [-0.4, -0.2) is 5.78 Å². The highest BCUT2D eigenvalue weighted by Gasteiger charge is 2.22. The highest BCUT2D eigenvalue weighted by Crippen LogP contribution is 2.29. The molecule has 1 unspecified atom stereocenters. The molecule has 0 aromatic heterocycles. The Kier molecular flexibility index (Phi) is 2.26. The van der Waals surface area contributed by atoms with E-state index in [0.29, 0.717) is 0 Å². The maximum absolute atomic E-state index is 11.9. The fourth-order valence-corrected chi connectivity index (χ4v) is 1.79. The molecule has 0 fully saturated rings. The minimum atomic E-state index is 0.0167. The Labute approximate surface area is 90.9 Å². The number of carbonyl (C=O) groups is 1. The SMILES string of the molecule is CC1C=CC2=C(C=CC(C)(C)C=C2)C1=O. The van der Waals surface area contributed by atoms with Crippen LogP contribution in [0.2, 0.25) is 0 Å². The highest BCUT2D eigenvalue weighted by atomic mass is 16.1. The van der Waals surface area contributed by atoms with E-state index in [1.165, 1.54) is 0 Å². The first kappa shape index (κ1) is 10.2. The fraction of sp³-hybridized carbons (Fsp3) is 0.357. The molecule has 0 radical (unpaired) electrons. The van der Waals surface area contributed by atoms with E-state index < -0.39 is 0 Å². The molecule has 0 saturated heterocycles. The molecule has 1 heteroatoms. The molecule has 0 aromatic rings. The molecule has 78 valence electrons. The van der Waals surface area contributed by atoms with E-state index in [2.05, 4.69) is 32.1 Å². The highest BCUT2D eigenvalue weighted by molar-refractivity contribution is 6.03. The lowest BCUT2D eigenvalue weighted by Crippen LogP contribution is -2.14. The summed E-state index contributed by atoms with van der Waals surface area (Å²) in [5.74, 6) is 0.245. The van der Waals surface area contributed by atoms with Gasteiger partial charge in [0.15, 0.2) is 5.78 Å². The van der Waals surface area contributed by atoms with Gasteiger partial charge in [-0.15, -0.1) is 0 Å². The van der Waals surface area contributed by atoms with Crippen LogP contribution in [-0.2, 0) is 4.79 Å². The third kappa shape index (κ3) is 1.87. The monoisotopic (exact) mass is 200 g/mol. The predicted octanol–water partition coefficient (Wildman–Crippen LogP) is 3.21. The zero-order chi connectivity index (χ0) is 11.1. The van der Waals surface area contributed by atoms with E-state index in [4.69, 9.17) is 0 Å². The molecule has 0 heterocycles. The molecule has 1 atom stereocenters. The van der Waals surface area contributed by atoms with Gasteiger partial charge in [-0.05, 0) is 5.57 Å². The first-order valence-electron chi connectivity index (χ1n) is 5.35. The molecule has 0 saturated carbocycles. The number of Topliss-reactive ketones (excluding diaryl/α,β-unsaturated/α-hetero) is 1. The summed E-state index contributed by atoms with van der Waals surface area (Å²) in [6.07, 6.45) is 12.3. The summed E-state index contributed by atoms with van der Waals surface area (Å²) in [7, 11) is 0. The van der Waals surface area contributed by atoms with E-state index in [-0.39, 0.29) is 17.1 Å². The molecule has 0 spiro atoms. The molecular weight excluding hydrogens is 184 g/mol. The van der Waals surface area contributed by atoms with Gasteiger partial charge < -0.3 is 0 Å². The zero-order valence-corrected chi connectivity index (χ0v) is 9.45. The van der Waals surface area contributed by atoms with Gasteiger partial charge in [-0.3, -0.25) is 4.79 Å². The maximum atomic E-state index is 11.9. The summed E-state index contributed by atoms with van der Waals surface area (Å²) >= 11 is 0. The van der Waals surface area contributed by atoms with Crippen molar-refractivity contribution in [2.45, 2.75) is 20.8 Å². The van der Waals surface area contributed by atoms with Crippen LogP contribution in [0, 0.1) is 11.3 Å². The lowest BCUT2D eigenvalue weighted by atomic mass is 9.89. The molecular formula is C14H16O. The Morgan fingerprint density at radius 2 is 1.80 bits per heavy atom. The first-order chi connectivity index (χ1) is 6.99. The molecule has 1 nitrogen and oxygen atoms in total. The van der Waals surface area contributed by atoms with Crippen LogP contribution in [0.3, 0.4) is 0 Å². The summed E-state index contributed by atoms with van der Waals surface area (Å²) in [5, 5.41) is 0. The van der Waals surface area contributed by atoms with Gasteiger partial charge in [0, 0.05) is 16.9 Å². The van der Waals surface area contributed by atoms with Crippen molar-refractivity contribution < 1.29 is 4.79 Å². The number of ketones is 1. The first-order valence-corrected chi connectivity index (χ1v) is 5.35. The summed E-state index contributed by atoms with van der Waals surface area (Å²) in [5.41, 5.74) is 1.93. The van der Waals surface area contributed by atoms with E-state index in [0.717, 1.165) is 11.1 Å². The van der Waals surface area contributed by atoms with Crippen molar-refractivity contribution in [3.63, 3.8) is 0 Å². The van der Waals surface area contributed by atoms with Crippen molar-refractivity contribution in [1.29, 1.82) is 0 Å². The molecule has 15 heavy (non-hydrogen) atoms. The third-order valence-electron chi connectivity index (χ3n) is 2.93. The van der Waals surface area contributed by atoms with E-state index in [1.54, 1.807) is 0 Å². The average molecular weight is 200 g/mol. The summed E-state index contributed by atoms with van der Waals surface area (Å²) < 4.78 is 0. The van der Waals surface area contributed by atoms with Crippen LogP contribution < -0.4 is 0 Å². The molecule has 2 aliphatic carbocycles. The second-order valence-corrected chi connectivity index (χ2v) is 4.87. The van der Waals surface area contributed by atoms with Crippen LogP contribution in [0.25, 0.3) is 0 Å². The van der Waals surface area contributed by atoms with E-state index >= 15 is 0 Å². The van der Waals surface area contributed by atoms with Gasteiger partial charge in [0.2, 0.25) is 0 Å². The Balaban J connectivity index is 2.47. The van der Waals surface area contributed by atoms with Gasteiger partial charge in [-0.25, -0.2) is 0 Å². The molecule has 0 aliphatic heterocycles. The van der Waals surface area contributed by atoms with Gasteiger partial charge in [0.1, 0.15) is 0 Å². The molecule has 0 N–H and O–H groups in total. The Bertz CT molecular complexity index is 417. The third-order valence-corrected chi connectivity index (χ3v) is 2.93. The van der Waals surface area contributed by atoms with Crippen molar-refractivity contribution in [2.24, 2.45) is 11.3 Å². The molecule has 0 amide bonds. The average Bonchev–Trinajstić information content (AvgIpc) is 2.32. The molecule has 0 bridgehead atoms. The van der Waals surface area contributed by atoms with Crippen molar-refractivity contribution in [1.82, 2.24) is 0 Å². The number of allylic oxidation sites excluding steroid dienone is 8. The fourth-order valence-electron chi connectivity index (χ4n) is 1.79. The minimum Gasteiger partial charge on any atom is -0.294 e. The predicted molar refractivity (Wildman–Crippen MR) is 62.4 cm³/mol. The normalized spacial score (nSPS) is 27.9. The number of rotatable bonds is 0. The van der Waals surface area contributed by atoms with Crippen molar-refractivity contribution in [2.75, 3.05) is 0 Å². The second kappa shape index (κ2) is 3.34. The van der Waals surface area contributed by atoms with E-state index in [1.807, 2.05) is 25.2 Å². The van der Waals surface area contributed by atoms with Crippen LogP contribution in [0.15, 0.2) is 47.6 Å². The maximum Gasteiger partial charge on any atom is 0.170 e. The topological polar surface area (TPSA) is 17.1 Å². The standard InChI is InChI=1S/C14H16O/c1-10-4-5-11-6-8-14(2,3)9-7-12(11)13(10)15/h4-10H,1-3H3. The number of carbonyl (C=O) groups excluding carboxylic acids is 1. The van der Waals surface area contributed by atoms with Crippen LogP contribution >= 0.6 is 0 Å². The number of hydrogen-bond acceptors (Lipinski definition) is 1. The van der Waals surface area contributed by atoms with Gasteiger partial charge >= 0.3 is 0 Å². The lowest BCUT2D eigenvalue weighted by molar-refractivity contribution is -0.117. The smallest absolute Gasteiger partial charge is 0.170 e. The Hall–Kier alpha value is -1.37. The Morgan fingerprint density at radius 3 is 2.53 bits per heavy atom. The summed E-state index contributed by atoms with van der Waals surface area (Å²) in [6.45, 7) is 6.21. The quantitative estimate of drug-likeness (QED) is 0.587. The van der Waals surface area contributed by atoms with Crippen molar-refractivity contribution in [3.05, 3.63) is 47.6 Å². The van der Waals surface area contributed by atoms with Crippen molar-refractivity contribution in [3.8, 4) is 0 Å². The molecule has 2 aliphatic rings.